The van der Waals surface area contributed by atoms with Crippen molar-refractivity contribution >= 4 is 26.0 Å². The van der Waals surface area contributed by atoms with Gasteiger partial charge in [0, 0.05) is 25.5 Å². The summed E-state index contributed by atoms with van der Waals surface area (Å²) in [4.78, 5) is 0.287. The molecule has 0 aliphatic rings. The van der Waals surface area contributed by atoms with Crippen LogP contribution in [0.2, 0.25) is 0 Å². The number of nitrogens with zero attached hydrogens (tertiary/aromatic N) is 1. The van der Waals surface area contributed by atoms with E-state index in [2.05, 4.69) is 22.5 Å². The molecule has 19 heavy (non-hydrogen) atoms. The molecule has 0 radical (unpaired) electrons. The molecule has 0 spiro atoms. The molecule has 0 heterocycles. The van der Waals surface area contributed by atoms with Gasteiger partial charge in [-0.05, 0) is 17.7 Å². The molecule has 1 rings (SSSR count). The van der Waals surface area contributed by atoms with Crippen LogP contribution in [0.25, 0.3) is 0 Å². The predicted molar refractivity (Wildman–Crippen MR) is 79.9 cm³/mol. The summed E-state index contributed by atoms with van der Waals surface area (Å²) in [5.74, 6) is 0. The molecule has 106 valence electrons. The maximum atomic E-state index is 12.4. The fourth-order valence-corrected chi connectivity index (χ4v) is 3.31. The van der Waals surface area contributed by atoms with E-state index in [0.717, 1.165) is 5.56 Å². The Hall–Kier alpha value is -0.690. The van der Waals surface area contributed by atoms with E-state index < -0.39 is 10.0 Å². The van der Waals surface area contributed by atoms with E-state index in [-0.39, 0.29) is 11.4 Å². The molecule has 0 saturated carbocycles. The largest absolute Gasteiger partial charge is 0.383 e. The van der Waals surface area contributed by atoms with Crippen LogP contribution in [-0.2, 0) is 20.1 Å². The van der Waals surface area contributed by atoms with Gasteiger partial charge in [0.1, 0.15) is 0 Å². The van der Waals surface area contributed by atoms with Crippen molar-refractivity contribution < 1.29 is 13.2 Å². The maximum Gasteiger partial charge on any atom is 0.243 e. The molecule has 4 nitrogen and oxygen atoms in total. The lowest BCUT2D eigenvalue weighted by atomic mass is 10.2. The van der Waals surface area contributed by atoms with E-state index in [1.165, 1.54) is 4.31 Å². The molecule has 0 unspecified atom stereocenters. The van der Waals surface area contributed by atoms with Crippen molar-refractivity contribution in [3.05, 3.63) is 42.5 Å². The maximum absolute atomic E-state index is 12.4. The fraction of sp³-hybridized carbons (Fsp3) is 0.385. The lowest BCUT2D eigenvalue weighted by Gasteiger charge is -2.20. The summed E-state index contributed by atoms with van der Waals surface area (Å²) in [5, 5.41) is 0.702. The van der Waals surface area contributed by atoms with Crippen LogP contribution >= 0.6 is 15.9 Å². The van der Waals surface area contributed by atoms with E-state index in [1.807, 2.05) is 0 Å². The highest BCUT2D eigenvalue weighted by atomic mass is 79.9. The number of sulfonamides is 1. The minimum absolute atomic E-state index is 0.270. The highest BCUT2D eigenvalue weighted by molar-refractivity contribution is 9.08. The average Bonchev–Trinajstić information content (AvgIpc) is 2.43. The second-order valence-corrected chi connectivity index (χ2v) is 6.42. The number of benzene rings is 1. The standard InChI is InChI=1S/C13H18BrNO3S/c1-3-8-15(9-10-18-2)19(16,17)13-6-4-12(11-14)5-7-13/h3-7H,1,8-11H2,2H3. The minimum atomic E-state index is -3.49. The van der Waals surface area contributed by atoms with E-state index >= 15 is 0 Å². The smallest absolute Gasteiger partial charge is 0.243 e. The molecule has 0 saturated heterocycles. The Balaban J connectivity index is 2.99. The van der Waals surface area contributed by atoms with Crippen LogP contribution in [0.4, 0.5) is 0 Å². The average molecular weight is 348 g/mol. The quantitative estimate of drug-likeness (QED) is 0.535. The van der Waals surface area contributed by atoms with Gasteiger partial charge in [-0.2, -0.15) is 4.31 Å². The van der Waals surface area contributed by atoms with Gasteiger partial charge in [-0.15, -0.1) is 6.58 Å². The molecule has 1 aromatic carbocycles. The van der Waals surface area contributed by atoms with Crippen molar-refractivity contribution in [2.75, 3.05) is 26.8 Å². The zero-order chi connectivity index (χ0) is 14.3. The van der Waals surface area contributed by atoms with E-state index in [9.17, 15) is 8.42 Å². The van der Waals surface area contributed by atoms with Gasteiger partial charge < -0.3 is 4.74 Å². The van der Waals surface area contributed by atoms with Crippen LogP contribution < -0.4 is 0 Å². The number of halogens is 1. The third-order valence-electron chi connectivity index (χ3n) is 2.59. The Morgan fingerprint density at radius 3 is 2.47 bits per heavy atom. The van der Waals surface area contributed by atoms with Crippen molar-refractivity contribution in [1.82, 2.24) is 4.31 Å². The van der Waals surface area contributed by atoms with Gasteiger partial charge >= 0.3 is 0 Å². The highest BCUT2D eigenvalue weighted by Gasteiger charge is 2.22. The molecule has 0 fully saturated rings. The summed E-state index contributed by atoms with van der Waals surface area (Å²) in [7, 11) is -1.95. The first kappa shape index (κ1) is 16.4. The molecule has 6 heteroatoms. The molecule has 0 aliphatic carbocycles. The summed E-state index contributed by atoms with van der Waals surface area (Å²) >= 11 is 3.33. The first-order valence-electron chi connectivity index (χ1n) is 5.81. The SMILES string of the molecule is C=CCN(CCOC)S(=O)(=O)c1ccc(CBr)cc1. The number of ether oxygens (including phenoxy) is 1. The number of hydrogen-bond acceptors (Lipinski definition) is 3. The van der Waals surface area contributed by atoms with Crippen LogP contribution in [-0.4, -0.2) is 39.5 Å². The van der Waals surface area contributed by atoms with Gasteiger partial charge in [0.25, 0.3) is 0 Å². The second kappa shape index (κ2) is 7.79. The number of hydrogen-bond donors (Lipinski definition) is 0. The molecular weight excluding hydrogens is 330 g/mol. The van der Waals surface area contributed by atoms with Gasteiger partial charge in [0.05, 0.1) is 11.5 Å². The van der Waals surface area contributed by atoms with Gasteiger partial charge in [-0.3, -0.25) is 0 Å². The van der Waals surface area contributed by atoms with Crippen LogP contribution in [0.5, 0.6) is 0 Å². The van der Waals surface area contributed by atoms with Gasteiger partial charge in [0.2, 0.25) is 10.0 Å². The normalized spacial score (nSPS) is 11.7. The Morgan fingerprint density at radius 1 is 1.37 bits per heavy atom. The predicted octanol–water partition coefficient (Wildman–Crippen LogP) is 2.40. The van der Waals surface area contributed by atoms with Gasteiger partial charge in [-0.25, -0.2) is 8.42 Å². The molecule has 0 bridgehead atoms. The summed E-state index contributed by atoms with van der Waals surface area (Å²) in [6.07, 6.45) is 1.57. The van der Waals surface area contributed by atoms with Gasteiger partial charge in [-0.1, -0.05) is 34.1 Å². The first-order chi connectivity index (χ1) is 9.06. The zero-order valence-corrected chi connectivity index (χ0v) is 13.3. The monoisotopic (exact) mass is 347 g/mol. The van der Waals surface area contributed by atoms with Crippen LogP contribution in [0.1, 0.15) is 5.56 Å². The molecule has 0 aliphatic heterocycles. The fourth-order valence-electron chi connectivity index (χ4n) is 1.55. The number of alkyl halides is 1. The Kier molecular flexibility index (Phi) is 6.71. The van der Waals surface area contributed by atoms with E-state index in [4.69, 9.17) is 4.74 Å². The van der Waals surface area contributed by atoms with Gasteiger partial charge in [0.15, 0.2) is 0 Å². The lowest BCUT2D eigenvalue weighted by Crippen LogP contribution is -2.34. The zero-order valence-electron chi connectivity index (χ0n) is 10.9. The Bertz CT molecular complexity index is 499. The van der Waals surface area contributed by atoms with Crippen LogP contribution in [0.3, 0.4) is 0 Å². The first-order valence-corrected chi connectivity index (χ1v) is 8.37. The number of methoxy groups -OCH3 is 1. The Morgan fingerprint density at radius 2 is 2.00 bits per heavy atom. The summed E-state index contributed by atoms with van der Waals surface area (Å²) in [6.45, 7) is 4.52. The molecule has 0 atom stereocenters. The lowest BCUT2D eigenvalue weighted by molar-refractivity contribution is 0.182. The van der Waals surface area contributed by atoms with Crippen molar-refractivity contribution in [1.29, 1.82) is 0 Å². The molecule has 1 aromatic rings. The van der Waals surface area contributed by atoms with Crippen LogP contribution in [0.15, 0.2) is 41.8 Å². The van der Waals surface area contributed by atoms with Crippen molar-refractivity contribution in [2.45, 2.75) is 10.2 Å². The van der Waals surface area contributed by atoms with Crippen molar-refractivity contribution in [3.63, 3.8) is 0 Å². The van der Waals surface area contributed by atoms with E-state index in [1.54, 1.807) is 37.5 Å². The van der Waals surface area contributed by atoms with E-state index in [0.29, 0.717) is 18.5 Å². The summed E-state index contributed by atoms with van der Waals surface area (Å²) in [5.41, 5.74) is 1.03. The molecule has 0 amide bonds. The van der Waals surface area contributed by atoms with Crippen molar-refractivity contribution in [3.8, 4) is 0 Å². The third-order valence-corrected chi connectivity index (χ3v) is 5.12. The highest BCUT2D eigenvalue weighted by Crippen LogP contribution is 2.17. The minimum Gasteiger partial charge on any atom is -0.383 e. The summed E-state index contributed by atoms with van der Waals surface area (Å²) < 4.78 is 31.2. The summed E-state index contributed by atoms with van der Waals surface area (Å²) in [6, 6.07) is 6.83. The van der Waals surface area contributed by atoms with Crippen molar-refractivity contribution in [2.24, 2.45) is 0 Å². The molecular formula is C13H18BrNO3S. The van der Waals surface area contributed by atoms with Crippen LogP contribution in [0, 0.1) is 0 Å². The molecule has 0 aromatic heterocycles. The number of rotatable bonds is 8. The topological polar surface area (TPSA) is 46.6 Å². The Labute approximate surface area is 123 Å². The third kappa shape index (κ3) is 4.42. The molecule has 0 N–H and O–H groups in total. The second-order valence-electron chi connectivity index (χ2n) is 3.92.